The van der Waals surface area contributed by atoms with Crippen molar-refractivity contribution in [2.24, 2.45) is 5.41 Å². The zero-order chi connectivity index (χ0) is 18.0. The second-order valence-electron chi connectivity index (χ2n) is 8.21. The fraction of sp³-hybridized carbons (Fsp3) is 0.182. The number of rotatable bonds is 2. The Morgan fingerprint density at radius 3 is 1.76 bits per heavy atom. The molecule has 192 valence electrons. The molecule has 0 saturated heterocycles. The van der Waals surface area contributed by atoms with E-state index in [0.29, 0.717) is 5.41 Å². The Balaban J connectivity index is -0.000000195. The van der Waals surface area contributed by atoms with Crippen LogP contribution in [0.15, 0.2) is 84.9 Å². The molecule has 0 N–H and O–H groups in total. The molecule has 34 heavy (non-hydrogen) atoms. The summed E-state index contributed by atoms with van der Waals surface area (Å²) in [6.45, 7) is 4.76. The van der Waals surface area contributed by atoms with E-state index < -0.39 is 0 Å². The summed E-state index contributed by atoms with van der Waals surface area (Å²) in [6, 6.07) is 30.2. The van der Waals surface area contributed by atoms with Gasteiger partial charge in [0.2, 0.25) is 0 Å². The Kier molecular flexibility index (Phi) is 23.2. The normalized spacial score (nSPS) is 11.2. The van der Waals surface area contributed by atoms with Crippen LogP contribution >= 0.6 is 0 Å². The largest absolute Gasteiger partial charge is 0.358 e. The molecule has 0 unspecified atom stereocenters. The minimum absolute atomic E-state index is 0. The molecular formula is C33H47Hf-9. The Morgan fingerprint density at radius 1 is 0.735 bits per heavy atom. The van der Waals surface area contributed by atoms with Crippen molar-refractivity contribution >= 4 is 10.8 Å². The van der Waals surface area contributed by atoms with E-state index >= 15 is 0 Å². The number of hydrogen-bond acceptors (Lipinski definition) is 0. The summed E-state index contributed by atoms with van der Waals surface area (Å²) >= 11 is 0. The van der Waals surface area contributed by atoms with E-state index in [1.165, 1.54) is 34.7 Å². The van der Waals surface area contributed by atoms with Gasteiger partial charge in [-0.3, -0.25) is 0 Å². The SMILES string of the molecule is CC1(C)Cc2cc3cc[c-](Cc4ccccc4)c3cc2C1.[CH3-].[CH3-].[CH3-].[CH3-].[CH3-].[CH3-].[CH3-].[Hf].c1cc[cH-]c1. The monoisotopic (exact) mass is 623 g/mol. The third-order valence-electron chi connectivity index (χ3n) is 5.31. The van der Waals surface area contributed by atoms with Crippen LogP contribution in [0.3, 0.4) is 0 Å². The molecule has 0 aliphatic heterocycles. The predicted molar refractivity (Wildman–Crippen MR) is 157 cm³/mol. The first-order chi connectivity index (χ1) is 12.6. The molecule has 5 rings (SSSR count). The van der Waals surface area contributed by atoms with Crippen LogP contribution in [0.4, 0.5) is 0 Å². The van der Waals surface area contributed by atoms with Gasteiger partial charge in [-0.1, -0.05) is 60.9 Å². The summed E-state index contributed by atoms with van der Waals surface area (Å²) in [5, 5.41) is 2.87. The van der Waals surface area contributed by atoms with Gasteiger partial charge in [-0.15, -0.1) is 34.5 Å². The van der Waals surface area contributed by atoms with E-state index in [1.807, 2.05) is 30.3 Å². The van der Waals surface area contributed by atoms with Gasteiger partial charge in [0.05, 0.1) is 0 Å². The quantitative estimate of drug-likeness (QED) is 0.154. The third-order valence-corrected chi connectivity index (χ3v) is 5.31. The van der Waals surface area contributed by atoms with Crippen LogP contribution in [-0.4, -0.2) is 0 Å². The van der Waals surface area contributed by atoms with E-state index in [2.05, 4.69) is 68.4 Å². The minimum atomic E-state index is 0. The van der Waals surface area contributed by atoms with Crippen molar-refractivity contribution in [2.45, 2.75) is 33.1 Å². The fourth-order valence-corrected chi connectivity index (χ4v) is 4.12. The van der Waals surface area contributed by atoms with E-state index in [1.54, 1.807) is 11.1 Å². The topological polar surface area (TPSA) is 0 Å². The van der Waals surface area contributed by atoms with Crippen molar-refractivity contribution < 1.29 is 25.8 Å². The molecule has 0 bridgehead atoms. The van der Waals surface area contributed by atoms with E-state index in [9.17, 15) is 0 Å². The van der Waals surface area contributed by atoms with Crippen molar-refractivity contribution in [2.75, 3.05) is 0 Å². The van der Waals surface area contributed by atoms with Gasteiger partial charge in [0.25, 0.3) is 0 Å². The fourth-order valence-electron chi connectivity index (χ4n) is 4.12. The van der Waals surface area contributed by atoms with Crippen LogP contribution in [0.2, 0.25) is 0 Å². The Morgan fingerprint density at radius 2 is 1.26 bits per heavy atom. The van der Waals surface area contributed by atoms with E-state index in [-0.39, 0.29) is 77.8 Å². The van der Waals surface area contributed by atoms with E-state index in [0.717, 1.165) is 6.42 Å². The van der Waals surface area contributed by atoms with Crippen molar-refractivity contribution in [1.82, 2.24) is 0 Å². The minimum Gasteiger partial charge on any atom is -0.358 e. The maximum absolute atomic E-state index is 2.46. The molecule has 0 nitrogen and oxygen atoms in total. The van der Waals surface area contributed by atoms with Gasteiger partial charge in [-0.05, 0) is 24.7 Å². The molecule has 0 aromatic heterocycles. The number of hydrogen-bond donors (Lipinski definition) is 0. The second kappa shape index (κ2) is 18.6. The molecule has 4 aromatic carbocycles. The second-order valence-corrected chi connectivity index (χ2v) is 8.21. The molecule has 1 aliphatic rings. The summed E-state index contributed by atoms with van der Waals surface area (Å²) in [7, 11) is 0. The molecule has 0 saturated carbocycles. The van der Waals surface area contributed by atoms with Crippen LogP contribution in [0.1, 0.15) is 36.1 Å². The first kappa shape index (κ1) is 42.4. The van der Waals surface area contributed by atoms with Crippen LogP contribution < -0.4 is 0 Å². The first-order valence-corrected chi connectivity index (χ1v) is 9.51. The Labute approximate surface area is 233 Å². The van der Waals surface area contributed by atoms with Gasteiger partial charge >= 0.3 is 0 Å². The Hall–Kier alpha value is -1.73. The van der Waals surface area contributed by atoms with E-state index in [4.69, 9.17) is 0 Å². The van der Waals surface area contributed by atoms with Crippen LogP contribution in [0, 0.1) is 57.4 Å². The molecule has 0 atom stereocenters. The molecule has 1 heteroatoms. The van der Waals surface area contributed by atoms with Crippen molar-refractivity contribution in [3.8, 4) is 0 Å². The van der Waals surface area contributed by atoms with Crippen molar-refractivity contribution in [3.05, 3.63) is 159 Å². The summed E-state index contributed by atoms with van der Waals surface area (Å²) in [5.41, 5.74) is 6.41. The molecule has 1 aliphatic carbocycles. The first-order valence-electron chi connectivity index (χ1n) is 9.51. The third kappa shape index (κ3) is 10.3. The van der Waals surface area contributed by atoms with Gasteiger partial charge in [-0.25, -0.2) is 12.1 Å². The van der Waals surface area contributed by atoms with Crippen LogP contribution in [0.5, 0.6) is 0 Å². The summed E-state index contributed by atoms with van der Waals surface area (Å²) < 4.78 is 0. The summed E-state index contributed by atoms with van der Waals surface area (Å²) in [4.78, 5) is 0. The molecule has 0 radical (unpaired) electrons. The maximum atomic E-state index is 2.46. The molecular weight excluding hydrogens is 575 g/mol. The number of benzene rings is 2. The number of fused-ring (bicyclic) bond motifs is 2. The van der Waals surface area contributed by atoms with Crippen molar-refractivity contribution in [1.29, 1.82) is 0 Å². The standard InChI is InChI=1S/C21H21.C5H5.7CH3.Hf/c1-21(2)13-18-11-17-9-8-16(20(17)12-19(18)14-21)10-15-6-4-3-5-7-15;1-2-4-5-3-1;;;;;;;;/h3-9,11-12H,10,13-14H2,1-2H3;1-5H;7*1H3;/q9*-1;. The smallest absolute Gasteiger partial charge is 0 e. The maximum Gasteiger partial charge on any atom is 0 e. The molecule has 0 heterocycles. The average molecular weight is 622 g/mol. The van der Waals surface area contributed by atoms with Gasteiger partial charge in [-0.2, -0.15) is 24.3 Å². The zero-order valence-corrected chi connectivity index (χ0v) is 26.8. The average Bonchev–Trinajstić information content (AvgIpc) is 3.35. The predicted octanol–water partition coefficient (Wildman–Crippen LogP) is 9.83. The van der Waals surface area contributed by atoms with Crippen LogP contribution in [-0.2, 0) is 45.1 Å². The molecule has 0 fully saturated rings. The van der Waals surface area contributed by atoms with Gasteiger partial charge < -0.3 is 52.0 Å². The summed E-state index contributed by atoms with van der Waals surface area (Å²) in [5.74, 6) is 0. The zero-order valence-electron chi connectivity index (χ0n) is 23.2. The van der Waals surface area contributed by atoms with Gasteiger partial charge in [0.15, 0.2) is 0 Å². The molecule has 0 amide bonds. The summed E-state index contributed by atoms with van der Waals surface area (Å²) in [6.07, 6.45) is 3.47. The van der Waals surface area contributed by atoms with Crippen molar-refractivity contribution in [3.63, 3.8) is 0 Å². The molecule has 0 spiro atoms. The Bertz CT molecular complexity index is 955. The van der Waals surface area contributed by atoms with Crippen LogP contribution in [0.25, 0.3) is 10.8 Å². The van der Waals surface area contributed by atoms with Gasteiger partial charge in [0.1, 0.15) is 0 Å². The molecule has 4 aromatic rings. The van der Waals surface area contributed by atoms with Gasteiger partial charge in [0, 0.05) is 25.8 Å².